The fraction of sp³-hybridized carbons (Fsp3) is 0.556. The average molecular weight is 458 g/mol. The fourth-order valence-electron chi connectivity index (χ4n) is 3.41. The number of fused-ring (bicyclic) bond motifs is 2. The van der Waals surface area contributed by atoms with Gasteiger partial charge in [0.15, 0.2) is 5.96 Å². The average Bonchev–Trinajstić information content (AvgIpc) is 3.15. The highest BCUT2D eigenvalue weighted by Gasteiger charge is 2.41. The molecule has 0 saturated carbocycles. The largest absolute Gasteiger partial charge is 0.373 e. The summed E-state index contributed by atoms with van der Waals surface area (Å²) in [6, 6.07) is 8.13. The quantitative estimate of drug-likeness (QED) is 0.361. The number of aliphatic imine (C=N–C) groups is 1. The molecule has 6 nitrogen and oxygen atoms in total. The standard InChI is InChI=1S/C18H26N4O2.HI/c1-3-19-18(22-16-10-15-7-8-17(16)24-15)20-11-13-5-4-6-14(9-13)21-12(2)23;/h4-6,9,15-17H,3,7-8,10-11H2,1-2H3,(H,21,23)(H2,19,20,22);1H. The lowest BCUT2D eigenvalue weighted by Crippen LogP contribution is -2.47. The van der Waals surface area contributed by atoms with Gasteiger partial charge in [-0.15, -0.1) is 24.0 Å². The van der Waals surface area contributed by atoms with Crippen LogP contribution in [0.3, 0.4) is 0 Å². The lowest BCUT2D eigenvalue weighted by Gasteiger charge is -2.22. The second kappa shape index (κ2) is 9.38. The molecule has 2 aliphatic rings. The number of hydrogen-bond donors (Lipinski definition) is 3. The van der Waals surface area contributed by atoms with Gasteiger partial charge in [0, 0.05) is 19.2 Å². The maximum Gasteiger partial charge on any atom is 0.221 e. The Morgan fingerprint density at radius 3 is 2.84 bits per heavy atom. The Balaban J connectivity index is 0.00000225. The van der Waals surface area contributed by atoms with E-state index in [0.29, 0.717) is 24.8 Å². The van der Waals surface area contributed by atoms with Crippen LogP contribution in [0, 0.1) is 0 Å². The van der Waals surface area contributed by atoms with E-state index < -0.39 is 0 Å². The summed E-state index contributed by atoms with van der Waals surface area (Å²) < 4.78 is 5.89. The topological polar surface area (TPSA) is 74.8 Å². The minimum atomic E-state index is -0.0676. The Kier molecular flexibility index (Phi) is 7.49. The molecule has 25 heavy (non-hydrogen) atoms. The smallest absolute Gasteiger partial charge is 0.221 e. The van der Waals surface area contributed by atoms with Gasteiger partial charge in [-0.2, -0.15) is 0 Å². The van der Waals surface area contributed by atoms with Crippen molar-refractivity contribution in [3.05, 3.63) is 29.8 Å². The van der Waals surface area contributed by atoms with Gasteiger partial charge in [0.2, 0.25) is 5.91 Å². The maximum atomic E-state index is 11.2. The lowest BCUT2D eigenvalue weighted by atomic mass is 9.96. The number of halogens is 1. The third-order valence-corrected chi connectivity index (χ3v) is 4.44. The second-order valence-electron chi connectivity index (χ2n) is 6.44. The normalized spacial score (nSPS) is 24.6. The molecule has 2 fully saturated rings. The number of anilines is 1. The molecule has 3 unspecified atom stereocenters. The van der Waals surface area contributed by atoms with Crippen molar-refractivity contribution in [2.75, 3.05) is 11.9 Å². The van der Waals surface area contributed by atoms with E-state index in [1.807, 2.05) is 24.3 Å². The first-order chi connectivity index (χ1) is 11.6. The van der Waals surface area contributed by atoms with Crippen molar-refractivity contribution < 1.29 is 9.53 Å². The second-order valence-corrected chi connectivity index (χ2v) is 6.44. The van der Waals surface area contributed by atoms with Crippen molar-refractivity contribution >= 4 is 41.5 Å². The fourth-order valence-corrected chi connectivity index (χ4v) is 3.41. The number of hydrogen-bond acceptors (Lipinski definition) is 3. The first kappa shape index (κ1) is 20.0. The van der Waals surface area contributed by atoms with Crippen LogP contribution < -0.4 is 16.0 Å². The van der Waals surface area contributed by atoms with Crippen LogP contribution in [-0.4, -0.2) is 36.7 Å². The van der Waals surface area contributed by atoms with Gasteiger partial charge >= 0.3 is 0 Å². The van der Waals surface area contributed by atoms with E-state index in [-0.39, 0.29) is 29.9 Å². The van der Waals surface area contributed by atoms with Crippen LogP contribution in [0.4, 0.5) is 5.69 Å². The molecule has 3 atom stereocenters. The monoisotopic (exact) mass is 458 g/mol. The predicted molar refractivity (Wildman–Crippen MR) is 110 cm³/mol. The molecule has 2 aliphatic heterocycles. The van der Waals surface area contributed by atoms with Crippen LogP contribution in [0.1, 0.15) is 38.7 Å². The highest BCUT2D eigenvalue weighted by molar-refractivity contribution is 14.0. The Morgan fingerprint density at radius 2 is 2.20 bits per heavy atom. The zero-order valence-electron chi connectivity index (χ0n) is 14.7. The summed E-state index contributed by atoms with van der Waals surface area (Å²) in [7, 11) is 0. The molecule has 0 spiro atoms. The van der Waals surface area contributed by atoms with Crippen LogP contribution >= 0.6 is 24.0 Å². The SMILES string of the molecule is CCNC(=NCc1cccc(NC(C)=O)c1)NC1CC2CCC1O2.I. The molecular weight excluding hydrogens is 431 g/mol. The molecule has 7 heteroatoms. The van der Waals surface area contributed by atoms with Gasteiger partial charge in [-0.3, -0.25) is 4.79 Å². The molecule has 3 rings (SSSR count). The van der Waals surface area contributed by atoms with E-state index in [1.165, 1.54) is 13.3 Å². The number of amides is 1. The Labute approximate surface area is 166 Å². The summed E-state index contributed by atoms with van der Waals surface area (Å²) >= 11 is 0. The van der Waals surface area contributed by atoms with Crippen LogP contribution in [0.2, 0.25) is 0 Å². The lowest BCUT2D eigenvalue weighted by molar-refractivity contribution is -0.114. The number of nitrogens with zero attached hydrogens (tertiary/aromatic N) is 1. The van der Waals surface area contributed by atoms with Gasteiger partial charge < -0.3 is 20.7 Å². The van der Waals surface area contributed by atoms with E-state index >= 15 is 0 Å². The molecule has 0 aromatic heterocycles. The van der Waals surface area contributed by atoms with Crippen molar-refractivity contribution in [2.45, 2.75) is 57.9 Å². The minimum Gasteiger partial charge on any atom is -0.373 e. The number of benzene rings is 1. The summed E-state index contributed by atoms with van der Waals surface area (Å²) in [5, 5.41) is 9.61. The summed E-state index contributed by atoms with van der Waals surface area (Å²) in [6.45, 7) is 4.95. The van der Waals surface area contributed by atoms with Gasteiger partial charge in [0.25, 0.3) is 0 Å². The third-order valence-electron chi connectivity index (χ3n) is 4.44. The first-order valence-corrected chi connectivity index (χ1v) is 8.71. The zero-order valence-corrected chi connectivity index (χ0v) is 17.1. The van der Waals surface area contributed by atoms with E-state index in [2.05, 4.69) is 27.9 Å². The molecule has 1 aromatic carbocycles. The summed E-state index contributed by atoms with van der Waals surface area (Å²) in [5.74, 6) is 0.755. The Hall–Kier alpha value is -1.35. The summed E-state index contributed by atoms with van der Waals surface area (Å²) in [5.41, 5.74) is 1.86. The van der Waals surface area contributed by atoms with Crippen molar-refractivity contribution in [2.24, 2.45) is 4.99 Å². The van der Waals surface area contributed by atoms with Crippen molar-refractivity contribution in [1.29, 1.82) is 0 Å². The first-order valence-electron chi connectivity index (χ1n) is 8.71. The number of nitrogens with one attached hydrogen (secondary N) is 3. The molecule has 1 amide bonds. The number of carbonyl (C=O) groups excluding carboxylic acids is 1. The van der Waals surface area contributed by atoms with Gasteiger partial charge in [-0.1, -0.05) is 12.1 Å². The molecule has 0 radical (unpaired) electrons. The van der Waals surface area contributed by atoms with Crippen LogP contribution in [-0.2, 0) is 16.1 Å². The molecule has 0 aliphatic carbocycles. The molecule has 1 aromatic rings. The Morgan fingerprint density at radius 1 is 1.36 bits per heavy atom. The van der Waals surface area contributed by atoms with Crippen molar-refractivity contribution in [3.63, 3.8) is 0 Å². The molecular formula is C18H27IN4O2. The predicted octanol–water partition coefficient (Wildman–Crippen LogP) is 2.64. The van der Waals surface area contributed by atoms with Crippen molar-refractivity contribution in [1.82, 2.24) is 10.6 Å². The molecule has 3 N–H and O–H groups in total. The Bertz CT molecular complexity index is 623. The van der Waals surface area contributed by atoms with Gasteiger partial charge in [0.1, 0.15) is 0 Å². The van der Waals surface area contributed by atoms with Crippen LogP contribution in [0.15, 0.2) is 29.3 Å². The van der Waals surface area contributed by atoms with Crippen LogP contribution in [0.5, 0.6) is 0 Å². The van der Waals surface area contributed by atoms with E-state index in [0.717, 1.165) is 36.6 Å². The van der Waals surface area contributed by atoms with E-state index in [9.17, 15) is 4.79 Å². The minimum absolute atomic E-state index is 0. The highest BCUT2D eigenvalue weighted by atomic mass is 127. The number of rotatable bonds is 5. The molecule has 2 heterocycles. The summed E-state index contributed by atoms with van der Waals surface area (Å²) in [6.07, 6.45) is 4.13. The molecule has 138 valence electrons. The summed E-state index contributed by atoms with van der Waals surface area (Å²) in [4.78, 5) is 15.8. The van der Waals surface area contributed by atoms with Gasteiger partial charge in [0.05, 0.1) is 24.8 Å². The van der Waals surface area contributed by atoms with Crippen molar-refractivity contribution in [3.8, 4) is 0 Å². The highest BCUT2D eigenvalue weighted by Crippen LogP contribution is 2.34. The van der Waals surface area contributed by atoms with Crippen LogP contribution in [0.25, 0.3) is 0 Å². The van der Waals surface area contributed by atoms with Gasteiger partial charge in [-0.25, -0.2) is 4.99 Å². The third kappa shape index (κ3) is 5.57. The maximum absolute atomic E-state index is 11.2. The van der Waals surface area contributed by atoms with Gasteiger partial charge in [-0.05, 0) is 43.9 Å². The number of ether oxygens (including phenoxy) is 1. The number of guanidine groups is 1. The number of carbonyl (C=O) groups is 1. The zero-order chi connectivity index (χ0) is 16.9. The molecule has 2 bridgehead atoms. The van der Waals surface area contributed by atoms with E-state index in [1.54, 1.807) is 0 Å². The van der Waals surface area contributed by atoms with E-state index in [4.69, 9.17) is 4.74 Å². The molecule has 2 saturated heterocycles.